The number of thioether (sulfide) groups is 1. The highest BCUT2D eigenvalue weighted by molar-refractivity contribution is 7.99. The van der Waals surface area contributed by atoms with Crippen molar-refractivity contribution in [3.05, 3.63) is 34.3 Å². The zero-order chi connectivity index (χ0) is 13.2. The standard InChI is InChI=1S/C15H18ClNOS/c16-14-3-1-2-12-8-17(7-6-13(12)14)15(18)10-19-9-11-4-5-11/h1-3,11H,4-10H2. The van der Waals surface area contributed by atoms with Crippen LogP contribution in [0.1, 0.15) is 24.0 Å². The van der Waals surface area contributed by atoms with Gasteiger partial charge in [-0.15, -0.1) is 0 Å². The Bertz CT molecular complexity index is 487. The minimum Gasteiger partial charge on any atom is -0.337 e. The van der Waals surface area contributed by atoms with Crippen molar-refractivity contribution >= 4 is 29.3 Å². The van der Waals surface area contributed by atoms with Gasteiger partial charge in [0.2, 0.25) is 5.91 Å². The van der Waals surface area contributed by atoms with E-state index in [4.69, 9.17) is 11.6 Å². The third-order valence-electron chi connectivity index (χ3n) is 3.84. The lowest BCUT2D eigenvalue weighted by Crippen LogP contribution is -2.37. The molecule has 1 fully saturated rings. The monoisotopic (exact) mass is 295 g/mol. The molecule has 0 spiro atoms. The molecule has 1 heterocycles. The predicted octanol–water partition coefficient (Wildman–Crippen LogP) is 3.37. The van der Waals surface area contributed by atoms with Crippen molar-refractivity contribution in [2.45, 2.75) is 25.8 Å². The number of amides is 1. The van der Waals surface area contributed by atoms with E-state index in [9.17, 15) is 4.79 Å². The van der Waals surface area contributed by atoms with Crippen LogP contribution in [0.25, 0.3) is 0 Å². The summed E-state index contributed by atoms with van der Waals surface area (Å²) >= 11 is 7.98. The normalized spacial score (nSPS) is 18.3. The summed E-state index contributed by atoms with van der Waals surface area (Å²) in [5, 5.41) is 0.840. The van der Waals surface area contributed by atoms with Gasteiger partial charge in [0.1, 0.15) is 0 Å². The molecule has 102 valence electrons. The Morgan fingerprint density at radius 1 is 1.42 bits per heavy atom. The molecule has 0 aromatic heterocycles. The van der Waals surface area contributed by atoms with Gasteiger partial charge in [0.25, 0.3) is 0 Å². The van der Waals surface area contributed by atoms with Crippen LogP contribution in [0.3, 0.4) is 0 Å². The number of fused-ring (bicyclic) bond motifs is 1. The van der Waals surface area contributed by atoms with Gasteiger partial charge in [0.05, 0.1) is 5.75 Å². The molecule has 0 saturated heterocycles. The van der Waals surface area contributed by atoms with Crippen molar-refractivity contribution in [1.82, 2.24) is 4.90 Å². The Balaban J connectivity index is 1.56. The highest BCUT2D eigenvalue weighted by Gasteiger charge is 2.24. The second-order valence-electron chi connectivity index (χ2n) is 5.40. The second kappa shape index (κ2) is 5.76. The first-order valence-electron chi connectivity index (χ1n) is 6.86. The van der Waals surface area contributed by atoms with Crippen LogP contribution < -0.4 is 0 Å². The highest BCUT2D eigenvalue weighted by Crippen LogP contribution is 2.32. The number of carbonyl (C=O) groups is 1. The van der Waals surface area contributed by atoms with E-state index in [1.807, 2.05) is 17.0 Å². The topological polar surface area (TPSA) is 20.3 Å². The molecule has 0 N–H and O–H groups in total. The number of carbonyl (C=O) groups excluding carboxylic acids is 1. The summed E-state index contributed by atoms with van der Waals surface area (Å²) in [5.74, 6) is 2.95. The lowest BCUT2D eigenvalue weighted by molar-refractivity contribution is -0.129. The van der Waals surface area contributed by atoms with Gasteiger partial charge in [-0.1, -0.05) is 23.7 Å². The van der Waals surface area contributed by atoms with Gasteiger partial charge in [-0.2, -0.15) is 11.8 Å². The lowest BCUT2D eigenvalue weighted by Gasteiger charge is -2.29. The first kappa shape index (κ1) is 13.3. The minimum absolute atomic E-state index is 0.274. The van der Waals surface area contributed by atoms with Crippen molar-refractivity contribution in [3.63, 3.8) is 0 Å². The van der Waals surface area contributed by atoms with Crippen molar-refractivity contribution in [1.29, 1.82) is 0 Å². The van der Waals surface area contributed by atoms with E-state index in [1.165, 1.54) is 24.0 Å². The van der Waals surface area contributed by atoms with E-state index in [-0.39, 0.29) is 5.91 Å². The molecule has 1 aliphatic carbocycles. The molecule has 0 atom stereocenters. The maximum absolute atomic E-state index is 12.2. The number of nitrogens with zero attached hydrogens (tertiary/aromatic N) is 1. The van der Waals surface area contributed by atoms with Gasteiger partial charge in [-0.3, -0.25) is 4.79 Å². The molecule has 0 unspecified atom stereocenters. The largest absolute Gasteiger partial charge is 0.337 e. The fourth-order valence-corrected chi connectivity index (χ4v) is 3.89. The number of halogens is 1. The van der Waals surface area contributed by atoms with E-state index < -0.39 is 0 Å². The zero-order valence-corrected chi connectivity index (χ0v) is 12.5. The van der Waals surface area contributed by atoms with Crippen LogP contribution in [0.4, 0.5) is 0 Å². The van der Waals surface area contributed by atoms with E-state index in [1.54, 1.807) is 11.8 Å². The molecule has 0 radical (unpaired) electrons. The molecule has 1 aromatic carbocycles. The molecule has 19 heavy (non-hydrogen) atoms. The van der Waals surface area contributed by atoms with Crippen LogP contribution in [-0.4, -0.2) is 28.9 Å². The molecule has 1 aliphatic heterocycles. The molecular weight excluding hydrogens is 278 g/mol. The molecule has 4 heteroatoms. The van der Waals surface area contributed by atoms with E-state index >= 15 is 0 Å². The van der Waals surface area contributed by atoms with E-state index in [0.717, 1.165) is 36.2 Å². The molecule has 1 aromatic rings. The van der Waals surface area contributed by atoms with Crippen molar-refractivity contribution in [2.24, 2.45) is 5.92 Å². The summed E-state index contributed by atoms with van der Waals surface area (Å²) in [6, 6.07) is 5.98. The third-order valence-corrected chi connectivity index (χ3v) is 5.35. The summed E-state index contributed by atoms with van der Waals surface area (Å²) < 4.78 is 0. The molecular formula is C15H18ClNOS. The molecule has 0 bridgehead atoms. The maximum Gasteiger partial charge on any atom is 0.232 e. The number of benzene rings is 1. The van der Waals surface area contributed by atoms with Gasteiger partial charge >= 0.3 is 0 Å². The fourth-order valence-electron chi connectivity index (χ4n) is 2.46. The zero-order valence-electron chi connectivity index (χ0n) is 10.9. The maximum atomic E-state index is 12.2. The quantitative estimate of drug-likeness (QED) is 0.849. The molecule has 1 amide bonds. The van der Waals surface area contributed by atoms with Crippen molar-refractivity contribution < 1.29 is 4.79 Å². The average Bonchev–Trinajstić information content (AvgIpc) is 3.23. The van der Waals surface area contributed by atoms with Gasteiger partial charge < -0.3 is 4.90 Å². The molecule has 3 rings (SSSR count). The van der Waals surface area contributed by atoms with E-state index in [0.29, 0.717) is 5.75 Å². The fraction of sp³-hybridized carbons (Fsp3) is 0.533. The summed E-state index contributed by atoms with van der Waals surface area (Å²) in [6.07, 6.45) is 3.60. The highest BCUT2D eigenvalue weighted by atomic mass is 35.5. The smallest absolute Gasteiger partial charge is 0.232 e. The first-order chi connectivity index (χ1) is 9.24. The molecule has 2 nitrogen and oxygen atoms in total. The number of hydrogen-bond donors (Lipinski definition) is 0. The number of hydrogen-bond acceptors (Lipinski definition) is 2. The predicted molar refractivity (Wildman–Crippen MR) is 80.6 cm³/mol. The lowest BCUT2D eigenvalue weighted by atomic mass is 10.00. The van der Waals surface area contributed by atoms with Crippen molar-refractivity contribution in [3.8, 4) is 0 Å². The Hall–Kier alpha value is -0.670. The Kier molecular flexibility index (Phi) is 4.04. The number of rotatable bonds is 4. The Morgan fingerprint density at radius 3 is 3.05 bits per heavy atom. The van der Waals surface area contributed by atoms with Crippen LogP contribution in [0, 0.1) is 5.92 Å². The van der Waals surface area contributed by atoms with Crippen LogP contribution in [0.5, 0.6) is 0 Å². The van der Waals surface area contributed by atoms with E-state index in [2.05, 4.69) is 6.07 Å². The molecule has 2 aliphatic rings. The van der Waals surface area contributed by atoms with Crippen LogP contribution >= 0.6 is 23.4 Å². The summed E-state index contributed by atoms with van der Waals surface area (Å²) in [4.78, 5) is 14.1. The third kappa shape index (κ3) is 3.26. The summed E-state index contributed by atoms with van der Waals surface area (Å²) in [6.45, 7) is 1.53. The van der Waals surface area contributed by atoms with Gasteiger partial charge in [0, 0.05) is 18.1 Å². The second-order valence-corrected chi connectivity index (χ2v) is 6.84. The van der Waals surface area contributed by atoms with Gasteiger partial charge in [0.15, 0.2) is 0 Å². The van der Waals surface area contributed by atoms with Crippen LogP contribution in [0.15, 0.2) is 18.2 Å². The minimum atomic E-state index is 0.274. The van der Waals surface area contributed by atoms with Gasteiger partial charge in [-0.25, -0.2) is 0 Å². The summed E-state index contributed by atoms with van der Waals surface area (Å²) in [7, 11) is 0. The van der Waals surface area contributed by atoms with Crippen LogP contribution in [0.2, 0.25) is 5.02 Å². The first-order valence-corrected chi connectivity index (χ1v) is 8.39. The Morgan fingerprint density at radius 2 is 2.26 bits per heavy atom. The van der Waals surface area contributed by atoms with Gasteiger partial charge in [-0.05, 0) is 48.1 Å². The average molecular weight is 296 g/mol. The Labute approximate surface area is 123 Å². The summed E-state index contributed by atoms with van der Waals surface area (Å²) in [5.41, 5.74) is 2.43. The SMILES string of the molecule is O=C(CSCC1CC1)N1CCc2c(Cl)cccc2C1. The van der Waals surface area contributed by atoms with Crippen LogP contribution in [-0.2, 0) is 17.8 Å². The molecule has 1 saturated carbocycles. The van der Waals surface area contributed by atoms with Crippen molar-refractivity contribution in [2.75, 3.05) is 18.1 Å².